The molecule has 1 unspecified atom stereocenters. The molecule has 22 nitrogen and oxygen atoms in total. The van der Waals surface area contributed by atoms with E-state index in [9.17, 15) is 54.1 Å². The molecule has 0 saturated carbocycles. The van der Waals surface area contributed by atoms with E-state index < -0.39 is 126 Å². The number of fused-ring (bicyclic) bond motifs is 2. The van der Waals surface area contributed by atoms with Crippen LogP contribution in [0.3, 0.4) is 0 Å². The molecule has 388 valence electrons. The molecule has 6 amide bonds. The highest BCUT2D eigenvalue weighted by Gasteiger charge is 2.59. The molecule has 4 saturated heterocycles. The third kappa shape index (κ3) is 12.0. The number of nitrogens with zero attached hydrogens (tertiary/aromatic N) is 4. The first-order valence-corrected chi connectivity index (χ1v) is 24.1. The quantitative estimate of drug-likeness (QED) is 0.0625. The first kappa shape index (κ1) is 56.7. The van der Waals surface area contributed by atoms with Crippen LogP contribution in [0, 0.1) is 17.8 Å². The van der Waals surface area contributed by atoms with Gasteiger partial charge in [-0.2, -0.15) is 0 Å². The molecule has 8 N–H and O–H groups in total. The van der Waals surface area contributed by atoms with E-state index >= 15 is 4.79 Å². The number of likely N-dealkylation sites (N-methyl/N-ethyl adjacent to an activating group) is 1. The van der Waals surface area contributed by atoms with Gasteiger partial charge in [0.15, 0.2) is 17.4 Å². The zero-order chi connectivity index (χ0) is 52.0. The Morgan fingerprint density at radius 3 is 2.03 bits per heavy atom. The Balaban J connectivity index is 1.85. The van der Waals surface area contributed by atoms with Crippen molar-refractivity contribution in [2.24, 2.45) is 17.8 Å². The average Bonchev–Trinajstić information content (AvgIpc) is 3.33. The lowest BCUT2D eigenvalue weighted by atomic mass is 9.78. The zero-order valence-corrected chi connectivity index (χ0v) is 42.1. The fourth-order valence-electron chi connectivity index (χ4n) is 9.32. The minimum absolute atomic E-state index is 0.0668. The second-order valence-electron chi connectivity index (χ2n) is 19.4. The van der Waals surface area contributed by atoms with Gasteiger partial charge in [-0.25, -0.2) is 20.7 Å². The van der Waals surface area contributed by atoms with E-state index in [1.807, 2.05) is 6.92 Å². The molecule has 4 fully saturated rings. The van der Waals surface area contributed by atoms with E-state index in [-0.39, 0.29) is 62.0 Å². The number of carbonyl (C=O) groups excluding carboxylic acids is 8. The summed E-state index contributed by atoms with van der Waals surface area (Å²) in [6, 6.07) is -9.46. The third-order valence-electron chi connectivity index (χ3n) is 14.1. The predicted molar refractivity (Wildman–Crippen MR) is 247 cm³/mol. The summed E-state index contributed by atoms with van der Waals surface area (Å²) in [7, 11) is 1.28. The summed E-state index contributed by atoms with van der Waals surface area (Å²) in [5.74, 6) is -11.7. The lowest BCUT2D eigenvalue weighted by Gasteiger charge is -2.49. The number of Topliss-reactive ketones (excluding diaryl/α,β-unsaturated/α-hetero) is 1. The number of cyclic esters (lactones) is 1. The smallest absolute Gasteiger partial charge is 0.331 e. The Hall–Kier alpha value is -4.84. The van der Waals surface area contributed by atoms with E-state index in [0.717, 1.165) is 14.9 Å². The number of allylic oxidation sites excluding steroid dienone is 3. The lowest BCUT2D eigenvalue weighted by molar-refractivity contribution is -0.325. The van der Waals surface area contributed by atoms with Crippen molar-refractivity contribution in [3.63, 3.8) is 0 Å². The van der Waals surface area contributed by atoms with Gasteiger partial charge in [-0.15, -0.1) is 0 Å². The van der Waals surface area contributed by atoms with Crippen LogP contribution < -0.4 is 21.5 Å². The van der Waals surface area contributed by atoms with E-state index in [4.69, 9.17) is 9.47 Å². The zero-order valence-electron chi connectivity index (χ0n) is 42.1. The highest BCUT2D eigenvalue weighted by molar-refractivity contribution is 5.98. The highest BCUT2D eigenvalue weighted by Crippen LogP contribution is 2.42. The number of aliphatic hydroxyl groups is 3. The van der Waals surface area contributed by atoms with Crippen LogP contribution >= 0.6 is 0 Å². The van der Waals surface area contributed by atoms with Crippen LogP contribution in [0.2, 0.25) is 0 Å². The van der Waals surface area contributed by atoms with Gasteiger partial charge < -0.3 is 40.3 Å². The molecule has 0 aromatic rings. The van der Waals surface area contributed by atoms with E-state index in [0.29, 0.717) is 17.6 Å². The van der Waals surface area contributed by atoms with Crippen LogP contribution in [0.15, 0.2) is 23.3 Å². The monoisotopic (exact) mass is 977 g/mol. The van der Waals surface area contributed by atoms with Crippen LogP contribution in [-0.4, -0.2) is 174 Å². The molecule has 0 radical (unpaired) electrons. The van der Waals surface area contributed by atoms with Gasteiger partial charge in [0.05, 0.1) is 12.2 Å². The summed E-state index contributed by atoms with van der Waals surface area (Å²) in [6.45, 7) is 17.4. The molecule has 4 aliphatic heterocycles. The van der Waals surface area contributed by atoms with E-state index in [1.54, 1.807) is 39.8 Å². The topological polar surface area (TPSA) is 297 Å². The minimum atomic E-state index is -2.80. The Bertz CT molecular complexity index is 2010. The molecule has 4 aliphatic rings. The number of hydrogen-bond donors (Lipinski definition) is 8. The highest BCUT2D eigenvalue weighted by atomic mass is 16.7. The lowest BCUT2D eigenvalue weighted by Crippen LogP contribution is -2.71. The van der Waals surface area contributed by atoms with Gasteiger partial charge in [0.25, 0.3) is 23.6 Å². The fraction of sp³-hybridized carbons (Fsp3) is 0.745. The Morgan fingerprint density at radius 2 is 1.48 bits per heavy atom. The van der Waals surface area contributed by atoms with Crippen LogP contribution in [0.25, 0.3) is 0 Å². The molecule has 0 aliphatic carbocycles. The summed E-state index contributed by atoms with van der Waals surface area (Å²) < 4.78 is 12.3. The van der Waals surface area contributed by atoms with Gasteiger partial charge in [0.1, 0.15) is 36.3 Å². The SMILES string of the molecule is C/C=C(\C)C(=O)[C@@H](C)/C=C(\C)[C@H]1O[C@@](O)([C@](O)(CC)C(=O)N[C@@H]2C(=O)N3NCCC[C@@H]3C(=O)N(O)[C@@H](C)C(=O)N(C)[C@H](C)C(=O)N3NCCC[C@H]3C(=O)NC([C@H](C)O)C(=O)O[C@H]2C(C)C)CC[C@@H]1C. The van der Waals surface area contributed by atoms with Gasteiger partial charge in [0.2, 0.25) is 17.6 Å². The maximum atomic E-state index is 15.2. The summed E-state index contributed by atoms with van der Waals surface area (Å²) >= 11 is 0. The van der Waals surface area contributed by atoms with Crippen molar-refractivity contribution in [2.45, 2.75) is 187 Å². The standard InChI is InChI=1S/C47H76N8O14/c1-13-25(5)36(57)27(7)23-28(8)38-26(6)19-20-47(66,69-38)46(65,14-2)45(64)51-35-37(24(3)4)68-44(63)34(31(11)56)50-39(58)32-17-15-21-48-53(32)41(60)29(9)52(12)40(59)30(10)55(67)42(61)33-18-16-22-49-54(33)43(35)62/h13,23-24,26-27,29-35,37-38,48-49,56,65-67H,14-22H2,1-12H3,(H,50,58)(H,51,64)/b25-13+,28-23+/t26-,27-,29+,30-,31-,32-,33+,34?,35-,37-,38-,46-,47+/m0/s1. The number of esters is 1. The molecule has 4 heterocycles. The fourth-order valence-corrected chi connectivity index (χ4v) is 9.32. The number of carbonyl (C=O) groups is 8. The molecule has 22 heteroatoms. The summed E-state index contributed by atoms with van der Waals surface area (Å²) in [5, 5.41) is 54.1. The van der Waals surface area contributed by atoms with Gasteiger partial charge in [0, 0.05) is 32.5 Å². The van der Waals surface area contributed by atoms with Crippen LogP contribution in [0.1, 0.15) is 121 Å². The molecule has 69 heavy (non-hydrogen) atoms. The number of hydrazine groups is 2. The van der Waals surface area contributed by atoms with Gasteiger partial charge in [-0.05, 0) is 103 Å². The van der Waals surface area contributed by atoms with Crippen molar-refractivity contribution in [3.05, 3.63) is 23.3 Å². The normalized spacial score (nSPS) is 33.0. The van der Waals surface area contributed by atoms with Crippen molar-refractivity contribution in [3.8, 4) is 0 Å². The Labute approximate surface area is 404 Å². The summed E-state index contributed by atoms with van der Waals surface area (Å²) in [6.07, 6.45) is -0.537. The molecular formula is C47H76N8O14. The maximum Gasteiger partial charge on any atom is 0.331 e. The van der Waals surface area contributed by atoms with Crippen LogP contribution in [-0.2, 0) is 47.8 Å². The molecule has 4 rings (SSSR count). The number of ketones is 1. The van der Waals surface area contributed by atoms with Crippen molar-refractivity contribution in [1.29, 1.82) is 0 Å². The predicted octanol–water partition coefficient (Wildman–Crippen LogP) is 0.125. The number of ether oxygens (including phenoxy) is 2. The first-order valence-electron chi connectivity index (χ1n) is 24.1. The molecular weight excluding hydrogens is 901 g/mol. The Morgan fingerprint density at radius 1 is 0.899 bits per heavy atom. The first-order chi connectivity index (χ1) is 32.2. The number of hydrogen-bond acceptors (Lipinski definition) is 16. The minimum Gasteiger partial charge on any atom is -0.458 e. The number of aliphatic hydroxyl groups excluding tert-OH is 1. The number of amides is 6. The second-order valence-corrected chi connectivity index (χ2v) is 19.4. The average molecular weight is 977 g/mol. The molecule has 0 spiro atoms. The summed E-state index contributed by atoms with van der Waals surface area (Å²) in [4.78, 5) is 114. The Kier molecular flexibility index (Phi) is 19.2. The molecule has 0 aromatic carbocycles. The van der Waals surface area contributed by atoms with Crippen LogP contribution in [0.5, 0.6) is 0 Å². The second kappa shape index (κ2) is 23.4. The molecule has 0 bridgehead atoms. The van der Waals surface area contributed by atoms with Gasteiger partial charge in [-0.3, -0.25) is 48.8 Å². The van der Waals surface area contributed by atoms with E-state index in [1.165, 1.54) is 48.6 Å². The number of nitrogens with one attached hydrogen (secondary N) is 4. The van der Waals surface area contributed by atoms with E-state index in [2.05, 4.69) is 21.5 Å². The van der Waals surface area contributed by atoms with Gasteiger partial charge in [-0.1, -0.05) is 46.8 Å². The maximum absolute atomic E-state index is 15.2. The van der Waals surface area contributed by atoms with Crippen LogP contribution in [0.4, 0.5) is 0 Å². The van der Waals surface area contributed by atoms with Gasteiger partial charge >= 0.3 is 5.97 Å². The number of hydroxylamine groups is 2. The molecule has 13 atom stereocenters. The third-order valence-corrected chi connectivity index (χ3v) is 14.1. The number of rotatable bonds is 10. The molecule has 0 aromatic heterocycles. The van der Waals surface area contributed by atoms with Crippen molar-refractivity contribution in [2.75, 3.05) is 20.1 Å². The largest absolute Gasteiger partial charge is 0.458 e. The van der Waals surface area contributed by atoms with Crippen molar-refractivity contribution in [1.82, 2.24) is 41.5 Å². The van der Waals surface area contributed by atoms with Crippen molar-refractivity contribution < 1.29 is 68.4 Å². The summed E-state index contributed by atoms with van der Waals surface area (Å²) in [5.41, 5.74) is 4.01. The van der Waals surface area contributed by atoms with Crippen molar-refractivity contribution >= 4 is 47.2 Å².